The number of anilines is 2. The summed E-state index contributed by atoms with van der Waals surface area (Å²) in [5.74, 6) is -0.220. The maximum atomic E-state index is 13.3. The first-order valence-corrected chi connectivity index (χ1v) is 12.2. The van der Waals surface area contributed by atoms with Crippen LogP contribution in [0.25, 0.3) is 0 Å². The zero-order valence-corrected chi connectivity index (χ0v) is 20.1. The van der Waals surface area contributed by atoms with E-state index in [4.69, 9.17) is 4.74 Å². The monoisotopic (exact) mass is 498 g/mol. The number of fused-ring (bicyclic) bond motifs is 1. The van der Waals surface area contributed by atoms with Gasteiger partial charge in [0.2, 0.25) is 11.3 Å². The van der Waals surface area contributed by atoms with E-state index in [1.165, 1.54) is 4.90 Å². The molecule has 5 rings (SSSR count). The van der Waals surface area contributed by atoms with Crippen LogP contribution < -0.4 is 4.90 Å². The zero-order chi connectivity index (χ0) is 25.1. The van der Waals surface area contributed by atoms with Crippen molar-refractivity contribution in [2.45, 2.75) is 12.8 Å². The smallest absolute Gasteiger partial charge is 0.292 e. The minimum absolute atomic E-state index is 0.0666. The van der Waals surface area contributed by atoms with Crippen molar-refractivity contribution in [3.63, 3.8) is 0 Å². The minimum Gasteiger partial charge on any atom is -0.348 e. The highest BCUT2D eigenvalue weighted by atomic mass is 32.2. The molecule has 1 atom stereocenters. The molecule has 180 valence electrons. The Balaban J connectivity index is 1.32. The Bertz CT molecular complexity index is 1340. The van der Waals surface area contributed by atoms with Gasteiger partial charge in [0, 0.05) is 30.5 Å². The fraction of sp³-hybridized carbons (Fsp3) is 0.185. The van der Waals surface area contributed by atoms with Crippen molar-refractivity contribution in [3.8, 4) is 6.07 Å². The van der Waals surface area contributed by atoms with Gasteiger partial charge in [0.15, 0.2) is 0 Å². The number of hydrogen-bond acceptors (Lipinski definition) is 7. The molecule has 8 nitrogen and oxygen atoms in total. The summed E-state index contributed by atoms with van der Waals surface area (Å²) in [5, 5.41) is 8.62. The molecule has 3 aromatic rings. The largest absolute Gasteiger partial charge is 0.348 e. The summed E-state index contributed by atoms with van der Waals surface area (Å²) in [7, 11) is 0. The summed E-state index contributed by atoms with van der Waals surface area (Å²) in [6.07, 6.45) is -1.01. The third-order valence-corrected chi connectivity index (χ3v) is 6.87. The molecule has 0 saturated carbocycles. The molecule has 2 aliphatic rings. The fourth-order valence-corrected chi connectivity index (χ4v) is 5.02. The van der Waals surface area contributed by atoms with E-state index in [9.17, 15) is 19.6 Å². The van der Waals surface area contributed by atoms with Crippen molar-refractivity contribution in [2.24, 2.45) is 0 Å². The van der Waals surface area contributed by atoms with E-state index in [-0.39, 0.29) is 42.6 Å². The Hall–Kier alpha value is -4.13. The summed E-state index contributed by atoms with van der Waals surface area (Å²) in [5.41, 5.74) is 3.35. The van der Waals surface area contributed by atoms with Gasteiger partial charge in [-0.05, 0) is 35.9 Å². The number of carbonyl (C=O) groups is 3. The van der Waals surface area contributed by atoms with E-state index in [1.54, 1.807) is 23.1 Å². The molecule has 0 aromatic heterocycles. The van der Waals surface area contributed by atoms with Gasteiger partial charge in [-0.15, -0.1) is 0 Å². The van der Waals surface area contributed by atoms with Crippen LogP contribution in [-0.4, -0.2) is 52.1 Å². The van der Waals surface area contributed by atoms with E-state index < -0.39 is 6.23 Å². The Morgan fingerprint density at radius 3 is 2.42 bits per heavy atom. The number of thioether (sulfide) groups is 1. The molecule has 0 spiro atoms. The lowest BCUT2D eigenvalue weighted by molar-refractivity contribution is -0.129. The van der Waals surface area contributed by atoms with Gasteiger partial charge >= 0.3 is 0 Å². The molecule has 9 heteroatoms. The Morgan fingerprint density at radius 2 is 1.69 bits per heavy atom. The third kappa shape index (κ3) is 4.69. The van der Waals surface area contributed by atoms with Crippen molar-refractivity contribution < 1.29 is 19.1 Å². The molecule has 2 heterocycles. The molecule has 3 aromatic carbocycles. The van der Waals surface area contributed by atoms with Gasteiger partial charge in [0.25, 0.3) is 11.1 Å². The van der Waals surface area contributed by atoms with Crippen molar-refractivity contribution in [2.75, 3.05) is 24.7 Å². The average Bonchev–Trinajstić information content (AvgIpc) is 3.17. The van der Waals surface area contributed by atoms with Crippen molar-refractivity contribution in [3.05, 3.63) is 95.6 Å². The number of nitrogens with zero attached hydrogens (tertiary/aromatic N) is 4. The number of hydrogen-bond donors (Lipinski definition) is 0. The zero-order valence-electron chi connectivity index (χ0n) is 19.2. The van der Waals surface area contributed by atoms with Gasteiger partial charge in [-0.3, -0.25) is 19.3 Å². The highest BCUT2D eigenvalue weighted by Crippen LogP contribution is 2.34. The number of carbonyl (C=O) groups excluding carboxylic acids is 3. The molecule has 2 amide bonds. The molecule has 0 radical (unpaired) electrons. The SMILES string of the molecule is N#Cc1ccc2c(c1)C(=O)N(CCOC1C(=O)SC(=O)N1Cc1ccccc1)CN2c1ccccc1. The molecule has 36 heavy (non-hydrogen) atoms. The van der Waals surface area contributed by atoms with Gasteiger partial charge in [0.05, 0.1) is 36.2 Å². The molecular weight excluding hydrogens is 476 g/mol. The van der Waals surface area contributed by atoms with E-state index in [1.807, 2.05) is 65.6 Å². The van der Waals surface area contributed by atoms with E-state index >= 15 is 0 Å². The van der Waals surface area contributed by atoms with E-state index in [0.717, 1.165) is 16.9 Å². The second kappa shape index (κ2) is 10.2. The molecule has 0 bridgehead atoms. The predicted octanol–water partition coefficient (Wildman–Crippen LogP) is 4.35. The number of ether oxygens (including phenoxy) is 1. The molecule has 1 fully saturated rings. The second-order valence-corrected chi connectivity index (χ2v) is 9.30. The van der Waals surface area contributed by atoms with Crippen LogP contribution in [0, 0.1) is 11.3 Å². The molecule has 1 saturated heterocycles. The molecule has 0 N–H and O–H groups in total. The maximum Gasteiger partial charge on any atom is 0.292 e. The Kier molecular flexibility index (Phi) is 6.71. The number of para-hydroxylation sites is 1. The van der Waals surface area contributed by atoms with Gasteiger partial charge in [-0.2, -0.15) is 5.26 Å². The summed E-state index contributed by atoms with van der Waals surface area (Å²) < 4.78 is 5.87. The quantitative estimate of drug-likeness (QED) is 0.478. The Labute approximate surface area is 212 Å². The van der Waals surface area contributed by atoms with Gasteiger partial charge in [-0.1, -0.05) is 48.5 Å². The van der Waals surface area contributed by atoms with Gasteiger partial charge in [-0.25, -0.2) is 0 Å². The van der Waals surface area contributed by atoms with Crippen LogP contribution in [-0.2, 0) is 16.1 Å². The molecular formula is C27H22N4O4S. The van der Waals surface area contributed by atoms with Crippen LogP contribution in [0.5, 0.6) is 0 Å². The van der Waals surface area contributed by atoms with Crippen LogP contribution in [0.15, 0.2) is 78.9 Å². The lowest BCUT2D eigenvalue weighted by Gasteiger charge is -2.38. The first-order chi connectivity index (χ1) is 17.5. The van der Waals surface area contributed by atoms with Gasteiger partial charge in [0.1, 0.15) is 0 Å². The van der Waals surface area contributed by atoms with Crippen LogP contribution in [0.2, 0.25) is 0 Å². The highest BCUT2D eigenvalue weighted by molar-refractivity contribution is 8.26. The second-order valence-electron chi connectivity index (χ2n) is 8.34. The number of rotatable bonds is 7. The van der Waals surface area contributed by atoms with Crippen molar-refractivity contribution in [1.29, 1.82) is 5.26 Å². The number of amides is 2. The van der Waals surface area contributed by atoms with Crippen LogP contribution in [0.4, 0.5) is 16.2 Å². The number of nitriles is 1. The lowest BCUT2D eigenvalue weighted by atomic mass is 10.0. The summed E-state index contributed by atoms with van der Waals surface area (Å²) in [6.45, 7) is 0.820. The predicted molar refractivity (Wildman–Crippen MR) is 135 cm³/mol. The molecule has 1 unspecified atom stereocenters. The molecule has 0 aliphatic carbocycles. The summed E-state index contributed by atoms with van der Waals surface area (Å²) in [4.78, 5) is 43.2. The van der Waals surface area contributed by atoms with Crippen LogP contribution in [0.3, 0.4) is 0 Å². The van der Waals surface area contributed by atoms with Gasteiger partial charge < -0.3 is 14.5 Å². The maximum absolute atomic E-state index is 13.3. The van der Waals surface area contributed by atoms with Crippen molar-refractivity contribution in [1.82, 2.24) is 9.80 Å². The number of benzene rings is 3. The van der Waals surface area contributed by atoms with E-state index in [0.29, 0.717) is 22.9 Å². The van der Waals surface area contributed by atoms with Crippen molar-refractivity contribution >= 4 is 39.4 Å². The third-order valence-electron chi connectivity index (χ3n) is 6.05. The minimum atomic E-state index is -1.01. The van der Waals surface area contributed by atoms with Crippen LogP contribution >= 0.6 is 11.8 Å². The lowest BCUT2D eigenvalue weighted by Crippen LogP contribution is -2.47. The first-order valence-electron chi connectivity index (χ1n) is 11.4. The fourth-order valence-electron chi connectivity index (χ4n) is 4.27. The summed E-state index contributed by atoms with van der Waals surface area (Å²) >= 11 is 0.639. The standard InChI is InChI=1S/C27H22N4O4S/c28-16-20-11-12-23-22(15-20)24(32)29(18-31(23)21-9-5-2-6-10-21)13-14-35-25-26(33)36-27(34)30(25)17-19-7-3-1-4-8-19/h1-12,15,25H,13-14,17-18H2. The van der Waals surface area contributed by atoms with E-state index in [2.05, 4.69) is 6.07 Å². The first kappa shape index (κ1) is 23.6. The Morgan fingerprint density at radius 1 is 0.972 bits per heavy atom. The topological polar surface area (TPSA) is 93.9 Å². The average molecular weight is 499 g/mol. The highest BCUT2D eigenvalue weighted by Gasteiger charge is 2.41. The normalized spacial score (nSPS) is 17.4. The van der Waals surface area contributed by atoms with Crippen LogP contribution in [0.1, 0.15) is 21.5 Å². The summed E-state index contributed by atoms with van der Waals surface area (Å²) in [6, 6.07) is 26.2. The molecule has 2 aliphatic heterocycles.